The van der Waals surface area contributed by atoms with Gasteiger partial charge in [-0.05, 0) is 37.5 Å². The highest BCUT2D eigenvalue weighted by Crippen LogP contribution is 2.32. The van der Waals surface area contributed by atoms with Crippen LogP contribution in [0.2, 0.25) is 0 Å². The van der Waals surface area contributed by atoms with E-state index in [4.69, 9.17) is 10.3 Å². The number of likely N-dealkylation sites (tertiary alicyclic amines) is 1. The average molecular weight is 366 g/mol. The van der Waals surface area contributed by atoms with Crippen LogP contribution in [0.5, 0.6) is 0 Å². The van der Waals surface area contributed by atoms with E-state index >= 15 is 0 Å². The number of primary amides is 1. The minimum atomic E-state index is -0.608. The van der Waals surface area contributed by atoms with Crippen LogP contribution in [0.1, 0.15) is 52.0 Å². The molecule has 2 amide bonds. The maximum atomic E-state index is 13.0. The molecule has 4 heterocycles. The monoisotopic (exact) mass is 366 g/mol. The van der Waals surface area contributed by atoms with Crippen molar-refractivity contribution in [2.75, 3.05) is 6.54 Å². The fourth-order valence-corrected chi connectivity index (χ4v) is 3.30. The highest BCUT2D eigenvalue weighted by molar-refractivity contribution is 5.93. The first-order valence-corrected chi connectivity index (χ1v) is 8.66. The number of nitrogens with two attached hydrogens (primary N) is 1. The molecule has 3 N–H and O–H groups in total. The summed E-state index contributed by atoms with van der Waals surface area (Å²) < 4.78 is 5.32. The molecule has 3 aromatic rings. The number of hydrogen-bond acceptors (Lipinski definition) is 6. The second-order valence-electron chi connectivity index (χ2n) is 6.40. The van der Waals surface area contributed by atoms with Gasteiger partial charge in [-0.1, -0.05) is 5.16 Å². The molecule has 0 radical (unpaired) electrons. The third-order valence-electron chi connectivity index (χ3n) is 4.65. The molecule has 9 heteroatoms. The highest BCUT2D eigenvalue weighted by Gasteiger charge is 2.32. The molecule has 0 saturated carbocycles. The Hall–Kier alpha value is -3.49. The third kappa shape index (κ3) is 3.31. The van der Waals surface area contributed by atoms with E-state index in [1.165, 1.54) is 0 Å². The first kappa shape index (κ1) is 17.0. The highest BCUT2D eigenvalue weighted by atomic mass is 16.5. The van der Waals surface area contributed by atoms with Crippen molar-refractivity contribution in [3.63, 3.8) is 0 Å². The van der Waals surface area contributed by atoms with Gasteiger partial charge >= 0.3 is 0 Å². The first-order valence-electron chi connectivity index (χ1n) is 8.66. The maximum Gasteiger partial charge on any atom is 0.276 e. The number of nitrogens with zero attached hydrogens (tertiary/aromatic N) is 4. The van der Waals surface area contributed by atoms with E-state index in [9.17, 15) is 9.59 Å². The number of rotatable bonds is 4. The lowest BCUT2D eigenvalue weighted by atomic mass is 9.98. The molecule has 1 saturated heterocycles. The predicted molar refractivity (Wildman–Crippen MR) is 94.5 cm³/mol. The summed E-state index contributed by atoms with van der Waals surface area (Å²) in [6.45, 7) is 0.587. The summed E-state index contributed by atoms with van der Waals surface area (Å²) in [4.78, 5) is 30.1. The van der Waals surface area contributed by atoms with Crippen molar-refractivity contribution < 1.29 is 14.1 Å². The Bertz CT molecular complexity index is 964. The van der Waals surface area contributed by atoms with Crippen molar-refractivity contribution in [2.24, 2.45) is 5.73 Å². The van der Waals surface area contributed by atoms with E-state index < -0.39 is 5.91 Å². The van der Waals surface area contributed by atoms with E-state index in [1.54, 1.807) is 35.5 Å². The number of aromatic nitrogens is 4. The molecular weight excluding hydrogens is 348 g/mol. The zero-order valence-corrected chi connectivity index (χ0v) is 14.5. The van der Waals surface area contributed by atoms with Gasteiger partial charge in [-0.15, -0.1) is 0 Å². The van der Waals surface area contributed by atoms with Crippen molar-refractivity contribution in [3.05, 3.63) is 53.7 Å². The van der Waals surface area contributed by atoms with Crippen molar-refractivity contribution in [2.45, 2.75) is 25.3 Å². The van der Waals surface area contributed by atoms with Crippen LogP contribution in [0.15, 0.2) is 41.2 Å². The van der Waals surface area contributed by atoms with Gasteiger partial charge in [-0.2, -0.15) is 5.10 Å². The molecule has 3 aromatic heterocycles. The van der Waals surface area contributed by atoms with Gasteiger partial charge in [0.2, 0.25) is 0 Å². The van der Waals surface area contributed by atoms with Crippen LogP contribution >= 0.6 is 0 Å². The van der Waals surface area contributed by atoms with Crippen molar-refractivity contribution in [1.82, 2.24) is 25.2 Å². The van der Waals surface area contributed by atoms with Gasteiger partial charge in [0.05, 0.1) is 11.7 Å². The molecule has 9 nitrogen and oxygen atoms in total. The summed E-state index contributed by atoms with van der Waals surface area (Å²) in [5.74, 6) is -0.352. The number of carbonyl (C=O) groups is 2. The second kappa shape index (κ2) is 7.02. The second-order valence-corrected chi connectivity index (χ2v) is 6.40. The Labute approximate surface area is 154 Å². The molecular formula is C18H18N6O3. The normalized spacial score (nSPS) is 17.0. The standard InChI is InChI=1S/C18H18N6O3/c19-17(25)13-8-12(21-22-13)15-5-1-2-7-24(15)18(26)14-9-16(27-23-14)11-4-3-6-20-10-11/h3-4,6,8-10,15H,1-2,5,7H2,(H2,19,25)(H,21,22). The number of piperidine rings is 1. The zero-order chi connectivity index (χ0) is 18.8. The van der Waals surface area contributed by atoms with Crippen LogP contribution in [0.4, 0.5) is 0 Å². The Kier molecular flexibility index (Phi) is 4.41. The van der Waals surface area contributed by atoms with Crippen molar-refractivity contribution in [3.8, 4) is 11.3 Å². The summed E-state index contributed by atoms with van der Waals surface area (Å²) >= 11 is 0. The zero-order valence-electron chi connectivity index (χ0n) is 14.5. The summed E-state index contributed by atoms with van der Waals surface area (Å²) in [6, 6.07) is 6.62. The number of nitrogens with one attached hydrogen (secondary N) is 1. The van der Waals surface area contributed by atoms with E-state index in [1.807, 2.05) is 6.07 Å². The average Bonchev–Trinajstić information content (AvgIpc) is 3.38. The van der Waals surface area contributed by atoms with Crippen LogP contribution in [0, 0.1) is 0 Å². The van der Waals surface area contributed by atoms with Gasteiger partial charge in [0.1, 0.15) is 5.69 Å². The molecule has 4 rings (SSSR count). The molecule has 1 aliphatic rings. The van der Waals surface area contributed by atoms with Crippen LogP contribution in [0.25, 0.3) is 11.3 Å². The summed E-state index contributed by atoms with van der Waals surface area (Å²) in [6.07, 6.45) is 5.94. The number of aromatic amines is 1. The van der Waals surface area contributed by atoms with E-state index in [-0.39, 0.29) is 23.3 Å². The van der Waals surface area contributed by atoms with Gasteiger partial charge < -0.3 is 15.2 Å². The van der Waals surface area contributed by atoms with Crippen molar-refractivity contribution >= 4 is 11.8 Å². The minimum absolute atomic E-state index is 0.156. The maximum absolute atomic E-state index is 13.0. The lowest BCUT2D eigenvalue weighted by molar-refractivity contribution is 0.0595. The smallest absolute Gasteiger partial charge is 0.276 e. The molecule has 0 spiro atoms. The summed E-state index contributed by atoms with van der Waals surface area (Å²) in [7, 11) is 0. The number of carbonyl (C=O) groups excluding carboxylic acids is 2. The molecule has 138 valence electrons. The minimum Gasteiger partial charge on any atom is -0.364 e. The molecule has 1 unspecified atom stereocenters. The van der Waals surface area contributed by atoms with E-state index in [2.05, 4.69) is 20.3 Å². The van der Waals surface area contributed by atoms with Gasteiger partial charge in [0.15, 0.2) is 11.5 Å². The molecule has 1 fully saturated rings. The first-order chi connectivity index (χ1) is 13.1. The van der Waals surface area contributed by atoms with Crippen LogP contribution in [-0.4, -0.2) is 43.6 Å². The van der Waals surface area contributed by atoms with Gasteiger partial charge in [0, 0.05) is 30.6 Å². The van der Waals surface area contributed by atoms with Gasteiger partial charge in [-0.25, -0.2) is 0 Å². The molecule has 0 aromatic carbocycles. The third-order valence-corrected chi connectivity index (χ3v) is 4.65. The summed E-state index contributed by atoms with van der Waals surface area (Å²) in [5, 5.41) is 10.7. The van der Waals surface area contributed by atoms with Gasteiger partial charge in [0.25, 0.3) is 11.8 Å². The Balaban J connectivity index is 1.59. The van der Waals surface area contributed by atoms with Crippen LogP contribution < -0.4 is 5.73 Å². The largest absolute Gasteiger partial charge is 0.364 e. The van der Waals surface area contributed by atoms with Crippen LogP contribution in [-0.2, 0) is 0 Å². The SMILES string of the molecule is NC(=O)c1cc(C2CCCCN2C(=O)c2cc(-c3cccnc3)on2)[nH]n1. The molecule has 0 aliphatic carbocycles. The molecule has 1 aliphatic heterocycles. The quantitative estimate of drug-likeness (QED) is 0.725. The van der Waals surface area contributed by atoms with Gasteiger partial charge in [-0.3, -0.25) is 19.7 Å². The Morgan fingerprint density at radius 1 is 1.26 bits per heavy atom. The number of hydrogen-bond donors (Lipinski definition) is 2. The fourth-order valence-electron chi connectivity index (χ4n) is 3.30. The topological polar surface area (TPSA) is 131 Å². The van der Waals surface area contributed by atoms with Crippen LogP contribution in [0.3, 0.4) is 0 Å². The molecule has 0 bridgehead atoms. The molecule has 27 heavy (non-hydrogen) atoms. The lowest BCUT2D eigenvalue weighted by Gasteiger charge is -2.34. The Morgan fingerprint density at radius 2 is 2.15 bits per heavy atom. The van der Waals surface area contributed by atoms with E-state index in [0.29, 0.717) is 18.0 Å². The summed E-state index contributed by atoms with van der Waals surface area (Å²) in [5.41, 5.74) is 7.10. The molecule has 1 atom stereocenters. The predicted octanol–water partition coefficient (Wildman–Crippen LogP) is 1.93. The number of pyridine rings is 1. The van der Waals surface area contributed by atoms with Crippen molar-refractivity contribution in [1.29, 1.82) is 0 Å². The lowest BCUT2D eigenvalue weighted by Crippen LogP contribution is -2.38. The van der Waals surface area contributed by atoms with E-state index in [0.717, 1.165) is 24.8 Å². The fraction of sp³-hybridized carbons (Fsp3) is 0.278. The Morgan fingerprint density at radius 3 is 2.89 bits per heavy atom. The number of H-pyrrole nitrogens is 1. The number of amides is 2.